The predicted molar refractivity (Wildman–Crippen MR) is 51.4 cm³/mol. The first kappa shape index (κ1) is 9.07. The van der Waals surface area contributed by atoms with E-state index in [1.165, 1.54) is 0 Å². The van der Waals surface area contributed by atoms with E-state index in [2.05, 4.69) is 0 Å². The second-order valence-electron chi connectivity index (χ2n) is 3.17. The molecule has 2 nitrogen and oxygen atoms in total. The monoisotopic (exact) mass is 165 g/mol. The Labute approximate surface area is 73.4 Å². The van der Waals surface area contributed by atoms with Gasteiger partial charge in [-0.15, -0.1) is 0 Å². The maximum absolute atomic E-state index is 9.31. The lowest BCUT2D eigenvalue weighted by Crippen LogP contribution is -2.08. The fraction of sp³-hybridized carbons (Fsp3) is 0.400. The van der Waals surface area contributed by atoms with Crippen LogP contribution in [0.3, 0.4) is 0 Å². The highest BCUT2D eigenvalue weighted by Gasteiger charge is 2.01. The molecular weight excluding hydrogens is 150 g/mol. The van der Waals surface area contributed by atoms with Gasteiger partial charge in [-0.3, -0.25) is 0 Å². The van der Waals surface area contributed by atoms with Crippen LogP contribution in [0.1, 0.15) is 18.6 Å². The zero-order valence-electron chi connectivity index (χ0n) is 7.78. The van der Waals surface area contributed by atoms with Gasteiger partial charge in [0.1, 0.15) is 0 Å². The number of anilines is 1. The molecule has 0 bridgehead atoms. The van der Waals surface area contributed by atoms with Crippen molar-refractivity contribution in [1.29, 1.82) is 0 Å². The van der Waals surface area contributed by atoms with E-state index in [9.17, 15) is 5.11 Å². The van der Waals surface area contributed by atoms with E-state index in [-0.39, 0.29) is 6.10 Å². The van der Waals surface area contributed by atoms with E-state index in [1.54, 1.807) is 6.92 Å². The van der Waals surface area contributed by atoms with E-state index < -0.39 is 0 Å². The zero-order chi connectivity index (χ0) is 9.14. The third-order valence-corrected chi connectivity index (χ3v) is 1.87. The highest BCUT2D eigenvalue weighted by molar-refractivity contribution is 5.47. The molecule has 1 aromatic carbocycles. The molecule has 0 aromatic heterocycles. The molecule has 1 atom stereocenters. The van der Waals surface area contributed by atoms with Crippen LogP contribution in [0.25, 0.3) is 0 Å². The van der Waals surface area contributed by atoms with Crippen LogP contribution >= 0.6 is 0 Å². The van der Waals surface area contributed by atoms with Crippen molar-refractivity contribution in [3.8, 4) is 0 Å². The summed E-state index contributed by atoms with van der Waals surface area (Å²) in [6.45, 7) is 1.77. The van der Waals surface area contributed by atoms with E-state index in [4.69, 9.17) is 0 Å². The van der Waals surface area contributed by atoms with Gasteiger partial charge < -0.3 is 10.0 Å². The Morgan fingerprint density at radius 1 is 1.33 bits per heavy atom. The van der Waals surface area contributed by atoms with Gasteiger partial charge in [0, 0.05) is 19.8 Å². The highest BCUT2D eigenvalue weighted by atomic mass is 16.3. The minimum absolute atomic E-state index is 0.384. The van der Waals surface area contributed by atoms with Crippen LogP contribution in [-0.4, -0.2) is 19.2 Å². The van der Waals surface area contributed by atoms with Crippen LogP contribution in [0.2, 0.25) is 0 Å². The molecule has 0 spiro atoms. The van der Waals surface area contributed by atoms with Gasteiger partial charge in [0.05, 0.1) is 6.10 Å². The van der Waals surface area contributed by atoms with Crippen LogP contribution in [0.5, 0.6) is 0 Å². The second kappa shape index (κ2) is 3.59. The summed E-state index contributed by atoms with van der Waals surface area (Å²) < 4.78 is 0. The molecular formula is C10H15NO. The number of aliphatic hydroxyl groups is 1. The molecule has 0 amide bonds. The lowest BCUT2D eigenvalue weighted by atomic mass is 10.1. The molecule has 0 heterocycles. The number of benzene rings is 1. The molecule has 0 aliphatic carbocycles. The SMILES string of the molecule is C[C@@H](O)c1cccc(N(C)C)c1. The average molecular weight is 165 g/mol. The summed E-state index contributed by atoms with van der Waals surface area (Å²) in [7, 11) is 3.97. The van der Waals surface area contributed by atoms with Gasteiger partial charge in [0.2, 0.25) is 0 Å². The summed E-state index contributed by atoms with van der Waals surface area (Å²) in [4.78, 5) is 2.02. The highest BCUT2D eigenvalue weighted by Crippen LogP contribution is 2.18. The molecule has 1 aromatic rings. The minimum Gasteiger partial charge on any atom is -0.389 e. The topological polar surface area (TPSA) is 23.5 Å². The van der Waals surface area contributed by atoms with Gasteiger partial charge in [-0.25, -0.2) is 0 Å². The molecule has 1 rings (SSSR count). The summed E-state index contributed by atoms with van der Waals surface area (Å²) in [5.41, 5.74) is 2.08. The lowest BCUT2D eigenvalue weighted by molar-refractivity contribution is 0.199. The van der Waals surface area contributed by atoms with Gasteiger partial charge in [0.25, 0.3) is 0 Å². The summed E-state index contributed by atoms with van der Waals surface area (Å²) in [5.74, 6) is 0. The first-order valence-electron chi connectivity index (χ1n) is 4.06. The Bertz CT molecular complexity index is 233. The smallest absolute Gasteiger partial charge is 0.0762 e. The van der Waals surface area contributed by atoms with Crippen molar-refractivity contribution >= 4 is 5.69 Å². The second-order valence-corrected chi connectivity index (χ2v) is 3.17. The predicted octanol–water partition coefficient (Wildman–Crippen LogP) is 1.81. The molecule has 2 heteroatoms. The van der Waals surface area contributed by atoms with Crippen molar-refractivity contribution in [2.45, 2.75) is 13.0 Å². The lowest BCUT2D eigenvalue weighted by Gasteiger charge is -2.14. The first-order chi connectivity index (χ1) is 5.61. The van der Waals surface area contributed by atoms with Crippen LogP contribution in [0, 0.1) is 0 Å². The van der Waals surface area contributed by atoms with Crippen molar-refractivity contribution in [2.24, 2.45) is 0 Å². The number of nitrogens with zero attached hydrogens (tertiary/aromatic N) is 1. The van der Waals surface area contributed by atoms with Crippen LogP contribution in [-0.2, 0) is 0 Å². The van der Waals surface area contributed by atoms with E-state index in [0.29, 0.717) is 0 Å². The van der Waals surface area contributed by atoms with E-state index >= 15 is 0 Å². The molecule has 0 aliphatic rings. The standard InChI is InChI=1S/C10H15NO/c1-8(12)9-5-4-6-10(7-9)11(2)3/h4-8,12H,1-3H3/t8-/m1/s1. The molecule has 0 fully saturated rings. The molecule has 0 unspecified atom stereocenters. The molecule has 0 saturated carbocycles. The number of hydrogen-bond acceptors (Lipinski definition) is 2. The summed E-state index contributed by atoms with van der Waals surface area (Å²) in [6.07, 6.45) is -0.384. The maximum atomic E-state index is 9.31. The molecule has 0 aliphatic heterocycles. The Morgan fingerprint density at radius 3 is 2.50 bits per heavy atom. The zero-order valence-corrected chi connectivity index (χ0v) is 7.78. The van der Waals surface area contributed by atoms with Crippen molar-refractivity contribution in [1.82, 2.24) is 0 Å². The Balaban J connectivity index is 2.96. The molecule has 66 valence electrons. The van der Waals surface area contributed by atoms with Gasteiger partial charge in [-0.05, 0) is 24.6 Å². The van der Waals surface area contributed by atoms with Gasteiger partial charge >= 0.3 is 0 Å². The van der Waals surface area contributed by atoms with Crippen LogP contribution in [0.4, 0.5) is 5.69 Å². The van der Waals surface area contributed by atoms with Crippen molar-refractivity contribution in [3.05, 3.63) is 29.8 Å². The van der Waals surface area contributed by atoms with Gasteiger partial charge in [-0.2, -0.15) is 0 Å². The van der Waals surface area contributed by atoms with Crippen LogP contribution in [0.15, 0.2) is 24.3 Å². The van der Waals surface area contributed by atoms with Crippen molar-refractivity contribution in [2.75, 3.05) is 19.0 Å². The maximum Gasteiger partial charge on any atom is 0.0762 e. The summed E-state index contributed by atoms with van der Waals surface area (Å²) in [6, 6.07) is 7.89. The number of hydrogen-bond donors (Lipinski definition) is 1. The van der Waals surface area contributed by atoms with Gasteiger partial charge in [-0.1, -0.05) is 12.1 Å². The van der Waals surface area contributed by atoms with Crippen LogP contribution < -0.4 is 4.90 Å². The molecule has 0 saturated heterocycles. The summed E-state index contributed by atoms with van der Waals surface area (Å²) >= 11 is 0. The van der Waals surface area contributed by atoms with Gasteiger partial charge in [0.15, 0.2) is 0 Å². The normalized spacial score (nSPS) is 12.7. The first-order valence-corrected chi connectivity index (χ1v) is 4.06. The summed E-state index contributed by atoms with van der Waals surface area (Å²) in [5, 5.41) is 9.31. The fourth-order valence-corrected chi connectivity index (χ4v) is 1.06. The van der Waals surface area contributed by atoms with E-state index in [0.717, 1.165) is 11.3 Å². The third kappa shape index (κ3) is 1.98. The Hall–Kier alpha value is -1.02. The van der Waals surface area contributed by atoms with E-state index in [1.807, 2.05) is 43.3 Å². The third-order valence-electron chi connectivity index (χ3n) is 1.87. The average Bonchev–Trinajstić information content (AvgIpc) is 2.04. The molecule has 1 N–H and O–H groups in total. The number of rotatable bonds is 2. The van der Waals surface area contributed by atoms with Crippen molar-refractivity contribution in [3.63, 3.8) is 0 Å². The number of aliphatic hydroxyl groups excluding tert-OH is 1. The molecule has 12 heavy (non-hydrogen) atoms. The van der Waals surface area contributed by atoms with Crippen molar-refractivity contribution < 1.29 is 5.11 Å². The Morgan fingerprint density at radius 2 is 2.00 bits per heavy atom. The quantitative estimate of drug-likeness (QED) is 0.722. The molecule has 0 radical (unpaired) electrons. The fourth-order valence-electron chi connectivity index (χ4n) is 1.06. The minimum atomic E-state index is -0.384. The largest absolute Gasteiger partial charge is 0.389 e. The Kier molecular flexibility index (Phi) is 2.71.